The van der Waals surface area contributed by atoms with Gasteiger partial charge in [-0.05, 0) is 12.1 Å². The highest BCUT2D eigenvalue weighted by Crippen LogP contribution is 2.41. The normalized spacial score (nSPS) is 18.3. The molecule has 0 aliphatic heterocycles. The summed E-state index contributed by atoms with van der Waals surface area (Å²) in [6, 6.07) is 1.79. The van der Waals surface area contributed by atoms with E-state index in [1.54, 1.807) is 0 Å². The van der Waals surface area contributed by atoms with Gasteiger partial charge in [-0.1, -0.05) is 0 Å². The number of carbonyl (C=O) groups excluding carboxylic acids is 1. The topological polar surface area (TPSA) is 67.3 Å². The van der Waals surface area contributed by atoms with Crippen LogP contribution in [0.2, 0.25) is 0 Å². The Kier molecular flexibility index (Phi) is 2.64. The number of hydrogen-bond acceptors (Lipinski definition) is 3. The van der Waals surface area contributed by atoms with Gasteiger partial charge in [0.2, 0.25) is 0 Å². The molecular weight excluding hydrogens is 251 g/mol. The average Bonchev–Trinajstić information content (AvgIpc) is 2.23. The van der Waals surface area contributed by atoms with E-state index in [-0.39, 0.29) is 24.3 Å². The van der Waals surface area contributed by atoms with Crippen LogP contribution >= 0.6 is 0 Å². The number of nitrogens with zero attached hydrogens (tertiary/aromatic N) is 1. The van der Waals surface area contributed by atoms with Gasteiger partial charge >= 0.3 is 12.1 Å². The Balaban J connectivity index is 2.34. The SMILES string of the molecule is O=C1CC(C(=O)O)(c2ccc(C(F)(F)F)cn2)C1. The molecule has 0 spiro atoms. The summed E-state index contributed by atoms with van der Waals surface area (Å²) in [5, 5.41) is 9.07. The zero-order chi connectivity index (χ0) is 13.6. The molecule has 1 aromatic rings. The molecular formula is C11H8F3NO3. The molecule has 18 heavy (non-hydrogen) atoms. The largest absolute Gasteiger partial charge is 0.481 e. The number of hydrogen-bond donors (Lipinski definition) is 1. The summed E-state index contributed by atoms with van der Waals surface area (Å²) in [6.45, 7) is 0. The highest BCUT2D eigenvalue weighted by Gasteiger charge is 2.52. The number of rotatable bonds is 2. The first-order valence-electron chi connectivity index (χ1n) is 5.04. The van der Waals surface area contributed by atoms with Gasteiger partial charge in [-0.2, -0.15) is 13.2 Å². The number of alkyl halides is 3. The number of ketones is 1. The van der Waals surface area contributed by atoms with E-state index in [2.05, 4.69) is 4.98 Å². The van der Waals surface area contributed by atoms with Crippen LogP contribution in [0.15, 0.2) is 18.3 Å². The second-order valence-electron chi connectivity index (χ2n) is 4.21. The van der Waals surface area contributed by atoms with E-state index in [0.29, 0.717) is 6.20 Å². The van der Waals surface area contributed by atoms with Crippen LogP contribution in [0.3, 0.4) is 0 Å². The molecule has 1 N–H and O–H groups in total. The molecule has 2 rings (SSSR count). The van der Waals surface area contributed by atoms with Gasteiger partial charge in [0.05, 0.1) is 11.3 Å². The summed E-state index contributed by atoms with van der Waals surface area (Å²) < 4.78 is 37.0. The first-order chi connectivity index (χ1) is 8.25. The van der Waals surface area contributed by atoms with Crippen molar-refractivity contribution in [2.45, 2.75) is 24.4 Å². The summed E-state index contributed by atoms with van der Waals surface area (Å²) >= 11 is 0. The van der Waals surface area contributed by atoms with Crippen LogP contribution in [0.25, 0.3) is 0 Å². The van der Waals surface area contributed by atoms with Gasteiger partial charge in [-0.3, -0.25) is 14.6 Å². The van der Waals surface area contributed by atoms with E-state index >= 15 is 0 Å². The molecule has 4 nitrogen and oxygen atoms in total. The number of Topliss-reactive ketones (excluding diaryl/α,β-unsaturated/α-hetero) is 1. The highest BCUT2D eigenvalue weighted by atomic mass is 19.4. The van der Waals surface area contributed by atoms with Gasteiger partial charge in [0.1, 0.15) is 11.2 Å². The van der Waals surface area contributed by atoms with E-state index in [9.17, 15) is 22.8 Å². The number of carboxylic acids is 1. The maximum atomic E-state index is 12.3. The maximum Gasteiger partial charge on any atom is 0.417 e. The van der Waals surface area contributed by atoms with Crippen molar-refractivity contribution in [2.75, 3.05) is 0 Å². The van der Waals surface area contributed by atoms with Gasteiger partial charge in [-0.25, -0.2) is 0 Å². The van der Waals surface area contributed by atoms with Gasteiger partial charge in [-0.15, -0.1) is 0 Å². The molecule has 1 aromatic heterocycles. The molecule has 0 bridgehead atoms. The average molecular weight is 259 g/mol. The van der Waals surface area contributed by atoms with E-state index in [1.807, 2.05) is 0 Å². The minimum Gasteiger partial charge on any atom is -0.481 e. The van der Waals surface area contributed by atoms with Crippen molar-refractivity contribution in [1.29, 1.82) is 0 Å². The van der Waals surface area contributed by atoms with Crippen LogP contribution < -0.4 is 0 Å². The molecule has 1 aliphatic rings. The minimum atomic E-state index is -4.52. The van der Waals surface area contributed by atoms with Crippen LogP contribution in [0.4, 0.5) is 13.2 Å². The standard InChI is InChI=1S/C11H8F3NO3/c12-11(13,14)6-1-2-8(15-5-6)10(9(17)18)3-7(16)4-10/h1-2,5H,3-4H2,(H,17,18). The predicted octanol–water partition coefficient (Wildman–Crippen LogP) is 1.79. The Morgan fingerprint density at radius 1 is 1.33 bits per heavy atom. The third-order valence-corrected chi connectivity index (χ3v) is 2.99. The Morgan fingerprint density at radius 2 is 1.94 bits per heavy atom. The van der Waals surface area contributed by atoms with Crippen LogP contribution in [0.5, 0.6) is 0 Å². The fourth-order valence-corrected chi connectivity index (χ4v) is 1.91. The zero-order valence-corrected chi connectivity index (χ0v) is 8.99. The lowest BCUT2D eigenvalue weighted by Crippen LogP contribution is -2.48. The number of aromatic nitrogens is 1. The van der Waals surface area contributed by atoms with E-state index in [0.717, 1.165) is 12.1 Å². The van der Waals surface area contributed by atoms with Gasteiger partial charge in [0.15, 0.2) is 0 Å². The van der Waals surface area contributed by atoms with Gasteiger partial charge in [0.25, 0.3) is 0 Å². The lowest BCUT2D eigenvalue weighted by molar-refractivity contribution is -0.153. The van der Waals surface area contributed by atoms with Gasteiger partial charge < -0.3 is 5.11 Å². The van der Waals surface area contributed by atoms with E-state index in [4.69, 9.17) is 5.11 Å². The summed E-state index contributed by atoms with van der Waals surface area (Å²) in [6.07, 6.45) is -4.37. The Labute approximate surface area is 99.4 Å². The van der Waals surface area contributed by atoms with E-state index < -0.39 is 23.1 Å². The summed E-state index contributed by atoms with van der Waals surface area (Å²) in [7, 11) is 0. The van der Waals surface area contributed by atoms with Crippen molar-refractivity contribution < 1.29 is 27.9 Å². The van der Waals surface area contributed by atoms with Crippen LogP contribution in [0.1, 0.15) is 24.1 Å². The first-order valence-corrected chi connectivity index (χ1v) is 5.04. The van der Waals surface area contributed by atoms with Crippen LogP contribution in [0, 0.1) is 0 Å². The third-order valence-electron chi connectivity index (χ3n) is 2.99. The zero-order valence-electron chi connectivity index (χ0n) is 8.99. The van der Waals surface area contributed by atoms with Crippen LogP contribution in [-0.4, -0.2) is 21.8 Å². The molecule has 0 radical (unpaired) electrons. The fourth-order valence-electron chi connectivity index (χ4n) is 1.91. The summed E-state index contributed by atoms with van der Waals surface area (Å²) in [5.41, 5.74) is -2.42. The van der Waals surface area contributed by atoms with Crippen molar-refractivity contribution in [1.82, 2.24) is 4.98 Å². The third kappa shape index (κ3) is 1.85. The Bertz CT molecular complexity index is 499. The fraction of sp³-hybridized carbons (Fsp3) is 0.364. The smallest absolute Gasteiger partial charge is 0.417 e. The van der Waals surface area contributed by atoms with Crippen molar-refractivity contribution in [3.8, 4) is 0 Å². The lowest BCUT2D eigenvalue weighted by Gasteiger charge is -2.35. The van der Waals surface area contributed by atoms with Crippen molar-refractivity contribution >= 4 is 11.8 Å². The Morgan fingerprint density at radius 3 is 2.28 bits per heavy atom. The minimum absolute atomic E-state index is 0.0115. The number of carboxylic acid groups (broad SMARTS) is 1. The lowest BCUT2D eigenvalue weighted by atomic mass is 9.65. The van der Waals surface area contributed by atoms with Gasteiger partial charge in [0, 0.05) is 19.0 Å². The van der Waals surface area contributed by atoms with Crippen molar-refractivity contribution in [3.63, 3.8) is 0 Å². The molecule has 0 saturated heterocycles. The predicted molar refractivity (Wildman–Crippen MR) is 52.8 cm³/mol. The summed E-state index contributed by atoms with van der Waals surface area (Å²) in [4.78, 5) is 25.6. The quantitative estimate of drug-likeness (QED) is 0.879. The number of pyridine rings is 1. The monoisotopic (exact) mass is 259 g/mol. The molecule has 1 heterocycles. The molecule has 1 saturated carbocycles. The first kappa shape index (κ1) is 12.5. The molecule has 1 fully saturated rings. The molecule has 96 valence electrons. The van der Waals surface area contributed by atoms with E-state index in [1.165, 1.54) is 0 Å². The second-order valence-corrected chi connectivity index (χ2v) is 4.21. The highest BCUT2D eigenvalue weighted by molar-refractivity contribution is 6.01. The number of aliphatic carboxylic acids is 1. The summed E-state index contributed by atoms with van der Waals surface area (Å²) in [5.74, 6) is -1.48. The molecule has 0 unspecified atom stereocenters. The van der Waals surface area contributed by atoms with Crippen LogP contribution in [-0.2, 0) is 21.2 Å². The molecule has 0 atom stereocenters. The molecule has 0 amide bonds. The van der Waals surface area contributed by atoms with Crippen molar-refractivity contribution in [3.05, 3.63) is 29.6 Å². The molecule has 1 aliphatic carbocycles. The maximum absolute atomic E-state index is 12.3. The molecule has 0 aromatic carbocycles. The number of carbonyl (C=O) groups is 2. The second kappa shape index (κ2) is 3.79. The Hall–Kier alpha value is -1.92. The number of halogens is 3. The van der Waals surface area contributed by atoms with Crippen molar-refractivity contribution in [2.24, 2.45) is 0 Å². The molecule has 7 heteroatoms.